The Bertz CT molecular complexity index is 431. The van der Waals surface area contributed by atoms with E-state index in [1.54, 1.807) is 13.0 Å². The second kappa shape index (κ2) is 5.35. The summed E-state index contributed by atoms with van der Waals surface area (Å²) in [7, 11) is -1.27. The first kappa shape index (κ1) is 15.7. The van der Waals surface area contributed by atoms with Crippen molar-refractivity contribution in [3.05, 3.63) is 34.3 Å². The summed E-state index contributed by atoms with van der Waals surface area (Å²) in [5.41, 5.74) is -1.12. The van der Waals surface area contributed by atoms with Crippen molar-refractivity contribution in [1.82, 2.24) is 0 Å². The van der Waals surface area contributed by atoms with Crippen molar-refractivity contribution in [2.24, 2.45) is 0 Å². The lowest BCUT2D eigenvalue weighted by atomic mass is 9.95. The molecule has 1 atom stereocenters. The van der Waals surface area contributed by atoms with Crippen LogP contribution < -0.4 is 0 Å². The van der Waals surface area contributed by atoms with Gasteiger partial charge in [0.15, 0.2) is 5.60 Å². The van der Waals surface area contributed by atoms with Crippen LogP contribution in [0.3, 0.4) is 0 Å². The largest absolute Gasteiger partial charge is 0.378 e. The summed E-state index contributed by atoms with van der Waals surface area (Å²) in [4.78, 5) is 0. The molecular formula is C13H19ClF2OS. The number of aliphatic hydroxyl groups is 1. The SMILES string of the molecule is Cc1ccc(C(O)(CS(C)(C)C)C(F)F)cc1Cl. The van der Waals surface area contributed by atoms with Gasteiger partial charge in [-0.1, -0.05) is 23.7 Å². The molecule has 1 rings (SSSR count). The monoisotopic (exact) mass is 296 g/mol. The Morgan fingerprint density at radius 3 is 2.28 bits per heavy atom. The Morgan fingerprint density at radius 2 is 1.89 bits per heavy atom. The molecule has 5 heteroatoms. The number of aryl methyl sites for hydroxylation is 1. The van der Waals surface area contributed by atoms with Crippen LogP contribution in [-0.2, 0) is 5.60 Å². The predicted molar refractivity (Wildman–Crippen MR) is 76.3 cm³/mol. The van der Waals surface area contributed by atoms with Crippen LogP contribution >= 0.6 is 21.6 Å². The summed E-state index contributed by atoms with van der Waals surface area (Å²) in [5.74, 6) is 0.0526. The molecule has 0 aromatic heterocycles. The van der Waals surface area contributed by atoms with E-state index < -0.39 is 22.1 Å². The van der Waals surface area contributed by atoms with Crippen LogP contribution in [0.15, 0.2) is 18.2 Å². The van der Waals surface area contributed by atoms with Gasteiger partial charge in [-0.15, -0.1) is 0 Å². The van der Waals surface area contributed by atoms with E-state index in [0.717, 1.165) is 5.56 Å². The summed E-state index contributed by atoms with van der Waals surface area (Å²) in [6.07, 6.45) is 2.87. The third kappa shape index (κ3) is 3.59. The van der Waals surface area contributed by atoms with E-state index in [1.165, 1.54) is 12.1 Å². The highest BCUT2D eigenvalue weighted by Crippen LogP contribution is 2.45. The van der Waals surface area contributed by atoms with Gasteiger partial charge in [0.1, 0.15) is 0 Å². The molecular weight excluding hydrogens is 278 g/mol. The molecule has 0 bridgehead atoms. The van der Waals surface area contributed by atoms with E-state index >= 15 is 0 Å². The summed E-state index contributed by atoms with van der Waals surface area (Å²) in [5, 5.41) is 10.7. The molecule has 0 fully saturated rings. The maximum Gasteiger partial charge on any atom is 0.271 e. The molecule has 0 saturated heterocycles. The Labute approximate surface area is 113 Å². The number of hydrogen-bond acceptors (Lipinski definition) is 1. The highest BCUT2D eigenvalue weighted by molar-refractivity contribution is 8.32. The van der Waals surface area contributed by atoms with Gasteiger partial charge < -0.3 is 5.11 Å². The first-order valence-corrected chi connectivity index (χ1v) is 8.90. The molecule has 0 spiro atoms. The predicted octanol–water partition coefficient (Wildman–Crippen LogP) is 3.80. The molecule has 0 aliphatic rings. The average molecular weight is 297 g/mol. The summed E-state index contributed by atoms with van der Waals surface area (Å²) in [6, 6.07) is 4.62. The van der Waals surface area contributed by atoms with Gasteiger partial charge in [-0.05, 0) is 42.9 Å². The van der Waals surface area contributed by atoms with Crippen LogP contribution in [0.4, 0.5) is 8.78 Å². The van der Waals surface area contributed by atoms with Gasteiger partial charge in [0.25, 0.3) is 6.43 Å². The van der Waals surface area contributed by atoms with Crippen LogP contribution in [0.2, 0.25) is 5.02 Å². The van der Waals surface area contributed by atoms with Gasteiger partial charge >= 0.3 is 0 Å². The maximum atomic E-state index is 13.3. The molecule has 1 nitrogen and oxygen atoms in total. The van der Waals surface area contributed by atoms with Crippen molar-refractivity contribution in [3.8, 4) is 0 Å². The van der Waals surface area contributed by atoms with E-state index in [1.807, 2.05) is 18.8 Å². The molecule has 18 heavy (non-hydrogen) atoms. The van der Waals surface area contributed by atoms with Crippen molar-refractivity contribution < 1.29 is 13.9 Å². The third-order valence-electron chi connectivity index (χ3n) is 2.69. The quantitative estimate of drug-likeness (QED) is 0.896. The number of rotatable bonds is 4. The fourth-order valence-corrected chi connectivity index (χ4v) is 3.59. The van der Waals surface area contributed by atoms with E-state index in [2.05, 4.69) is 0 Å². The lowest BCUT2D eigenvalue weighted by Crippen LogP contribution is -2.39. The fraction of sp³-hybridized carbons (Fsp3) is 0.538. The van der Waals surface area contributed by atoms with Crippen LogP contribution in [0, 0.1) is 6.92 Å². The minimum Gasteiger partial charge on any atom is -0.378 e. The third-order valence-corrected chi connectivity index (χ3v) is 4.40. The number of alkyl halides is 2. The Hall–Kier alpha value is -0.320. The van der Waals surface area contributed by atoms with Crippen molar-refractivity contribution in [3.63, 3.8) is 0 Å². The zero-order valence-electron chi connectivity index (χ0n) is 11.0. The normalized spacial score (nSPS) is 16.7. The van der Waals surface area contributed by atoms with Crippen molar-refractivity contribution in [2.45, 2.75) is 19.0 Å². The minimum atomic E-state index is -2.83. The van der Waals surface area contributed by atoms with Gasteiger partial charge in [0.05, 0.1) is 0 Å². The van der Waals surface area contributed by atoms with Gasteiger partial charge in [0, 0.05) is 10.8 Å². The number of halogens is 3. The summed E-state index contributed by atoms with van der Waals surface area (Å²) in [6.45, 7) is 1.79. The van der Waals surface area contributed by atoms with Gasteiger partial charge in [-0.3, -0.25) is 0 Å². The lowest BCUT2D eigenvalue weighted by molar-refractivity contribution is -0.0850. The zero-order valence-corrected chi connectivity index (χ0v) is 12.6. The second-order valence-corrected chi connectivity index (χ2v) is 10.3. The van der Waals surface area contributed by atoms with E-state index in [4.69, 9.17) is 11.6 Å². The number of hydrogen-bond donors (Lipinski definition) is 1. The first-order chi connectivity index (χ1) is 8.06. The molecule has 1 aromatic carbocycles. The average Bonchev–Trinajstić information content (AvgIpc) is 2.19. The molecule has 0 saturated carbocycles. The first-order valence-electron chi connectivity index (χ1n) is 5.49. The Morgan fingerprint density at radius 1 is 1.33 bits per heavy atom. The second-order valence-electron chi connectivity index (χ2n) is 5.42. The Balaban J connectivity index is 3.23. The standard InChI is InChI=1S/C13H19ClF2OS/c1-9-5-6-10(7-11(9)14)13(17,12(15)16)8-18(2,3)4/h5-7,12,17H,8H2,1-4H3. The molecule has 0 aliphatic carbocycles. The van der Waals surface area contributed by atoms with Gasteiger partial charge in [-0.2, -0.15) is 0 Å². The molecule has 0 aliphatic heterocycles. The maximum absolute atomic E-state index is 13.3. The summed E-state index contributed by atoms with van der Waals surface area (Å²) < 4.78 is 26.5. The van der Waals surface area contributed by atoms with E-state index in [0.29, 0.717) is 5.02 Å². The zero-order chi connectivity index (χ0) is 14.1. The van der Waals surface area contributed by atoms with Crippen molar-refractivity contribution >= 4 is 21.6 Å². The Kier molecular flexibility index (Phi) is 4.68. The highest BCUT2D eigenvalue weighted by Gasteiger charge is 2.42. The molecule has 1 unspecified atom stereocenters. The number of benzene rings is 1. The molecule has 1 aromatic rings. The summed E-state index contributed by atoms with van der Waals surface area (Å²) >= 11 is 5.95. The molecule has 0 heterocycles. The molecule has 0 amide bonds. The van der Waals surface area contributed by atoms with E-state index in [9.17, 15) is 13.9 Å². The lowest BCUT2D eigenvalue weighted by Gasteiger charge is -2.37. The van der Waals surface area contributed by atoms with E-state index in [-0.39, 0.29) is 11.3 Å². The van der Waals surface area contributed by atoms with Crippen LogP contribution in [0.25, 0.3) is 0 Å². The van der Waals surface area contributed by atoms with Gasteiger partial charge in [-0.25, -0.2) is 18.8 Å². The van der Waals surface area contributed by atoms with Crippen molar-refractivity contribution in [1.29, 1.82) is 0 Å². The highest BCUT2D eigenvalue weighted by atomic mass is 35.5. The van der Waals surface area contributed by atoms with Crippen LogP contribution in [0.1, 0.15) is 11.1 Å². The minimum absolute atomic E-state index is 0.0526. The smallest absolute Gasteiger partial charge is 0.271 e. The van der Waals surface area contributed by atoms with Crippen LogP contribution in [0.5, 0.6) is 0 Å². The molecule has 104 valence electrons. The van der Waals surface area contributed by atoms with Gasteiger partial charge in [0.2, 0.25) is 0 Å². The van der Waals surface area contributed by atoms with Crippen LogP contribution in [-0.4, -0.2) is 36.1 Å². The topological polar surface area (TPSA) is 20.2 Å². The van der Waals surface area contributed by atoms with Crippen molar-refractivity contribution in [2.75, 3.05) is 24.5 Å². The molecule has 1 N–H and O–H groups in total. The fourth-order valence-electron chi connectivity index (χ4n) is 1.79. The molecule has 0 radical (unpaired) electrons.